The number of H-pyrrole nitrogens is 1. The Kier molecular flexibility index (Phi) is 2.98. The summed E-state index contributed by atoms with van der Waals surface area (Å²) in [6, 6.07) is 6.48. The molecule has 4 nitrogen and oxygen atoms in total. The molecule has 0 aliphatic carbocycles. The van der Waals surface area contributed by atoms with Gasteiger partial charge in [0.2, 0.25) is 0 Å². The Balaban J connectivity index is 1.93. The minimum atomic E-state index is -0.220. The van der Waals surface area contributed by atoms with E-state index in [0.29, 0.717) is 0 Å². The molecule has 3 rings (SSSR count). The maximum atomic E-state index is 12.9. The van der Waals surface area contributed by atoms with Crippen molar-refractivity contribution in [2.75, 3.05) is 31.1 Å². The van der Waals surface area contributed by atoms with E-state index in [1.54, 1.807) is 12.1 Å². The molecule has 0 amide bonds. The Morgan fingerprint density at radius 3 is 2.56 bits per heavy atom. The molecule has 1 aliphatic rings. The van der Waals surface area contributed by atoms with Crippen molar-refractivity contribution >= 4 is 5.69 Å². The van der Waals surface area contributed by atoms with Gasteiger partial charge < -0.3 is 10.2 Å². The monoisotopic (exact) mass is 246 g/mol. The number of aromatic amines is 1. The third-order valence-corrected chi connectivity index (χ3v) is 3.21. The van der Waals surface area contributed by atoms with Crippen molar-refractivity contribution in [1.82, 2.24) is 15.5 Å². The molecule has 0 radical (unpaired) electrons. The Bertz CT molecular complexity index is 514. The molecule has 0 spiro atoms. The van der Waals surface area contributed by atoms with Crippen LogP contribution in [-0.4, -0.2) is 36.4 Å². The van der Waals surface area contributed by atoms with Gasteiger partial charge in [-0.15, -0.1) is 0 Å². The number of halogens is 1. The number of nitrogens with one attached hydrogen (secondary N) is 2. The number of nitrogens with zero attached hydrogens (tertiary/aromatic N) is 2. The Labute approximate surface area is 105 Å². The first kappa shape index (κ1) is 11.2. The van der Waals surface area contributed by atoms with Crippen LogP contribution in [0.4, 0.5) is 10.1 Å². The van der Waals surface area contributed by atoms with Crippen molar-refractivity contribution in [2.45, 2.75) is 0 Å². The molecule has 1 saturated heterocycles. The van der Waals surface area contributed by atoms with E-state index in [2.05, 4.69) is 20.4 Å². The van der Waals surface area contributed by atoms with Gasteiger partial charge in [0.1, 0.15) is 5.82 Å². The second kappa shape index (κ2) is 4.78. The summed E-state index contributed by atoms with van der Waals surface area (Å²) >= 11 is 0. The maximum Gasteiger partial charge on any atom is 0.123 e. The third-order valence-electron chi connectivity index (χ3n) is 3.21. The predicted octanol–water partition coefficient (Wildman–Crippen LogP) is 1.63. The molecule has 1 aromatic heterocycles. The first-order valence-corrected chi connectivity index (χ1v) is 6.09. The average molecular weight is 246 g/mol. The van der Waals surface area contributed by atoms with Crippen molar-refractivity contribution in [2.24, 2.45) is 0 Å². The molecule has 0 atom stereocenters. The fourth-order valence-corrected chi connectivity index (χ4v) is 2.25. The van der Waals surface area contributed by atoms with Gasteiger partial charge in [0.15, 0.2) is 0 Å². The number of hydrogen-bond acceptors (Lipinski definition) is 3. The zero-order chi connectivity index (χ0) is 12.4. The van der Waals surface area contributed by atoms with Gasteiger partial charge in [-0.25, -0.2) is 4.39 Å². The second-order valence-corrected chi connectivity index (χ2v) is 4.37. The molecule has 94 valence electrons. The first-order chi connectivity index (χ1) is 8.84. The van der Waals surface area contributed by atoms with Crippen LogP contribution >= 0.6 is 0 Å². The lowest BCUT2D eigenvalue weighted by Crippen LogP contribution is -2.43. The summed E-state index contributed by atoms with van der Waals surface area (Å²) in [7, 11) is 0. The van der Waals surface area contributed by atoms with Crippen LogP contribution in [0.15, 0.2) is 30.5 Å². The summed E-state index contributed by atoms with van der Waals surface area (Å²) in [5, 5.41) is 10.4. The van der Waals surface area contributed by atoms with Gasteiger partial charge in [0, 0.05) is 31.7 Å². The number of rotatable bonds is 2. The highest BCUT2D eigenvalue weighted by Gasteiger charge is 2.16. The minimum Gasteiger partial charge on any atom is -0.366 e. The normalized spacial score (nSPS) is 15.9. The summed E-state index contributed by atoms with van der Waals surface area (Å²) in [6.07, 6.45) is 1.84. The highest BCUT2D eigenvalue weighted by atomic mass is 19.1. The Hall–Kier alpha value is -1.88. The van der Waals surface area contributed by atoms with Crippen LogP contribution in [0, 0.1) is 5.82 Å². The van der Waals surface area contributed by atoms with Crippen LogP contribution in [0.5, 0.6) is 0 Å². The third kappa shape index (κ3) is 2.09. The van der Waals surface area contributed by atoms with E-state index >= 15 is 0 Å². The van der Waals surface area contributed by atoms with Crippen LogP contribution in [0.1, 0.15) is 0 Å². The largest absolute Gasteiger partial charge is 0.366 e. The summed E-state index contributed by atoms with van der Waals surface area (Å²) in [6.45, 7) is 3.89. The molecule has 1 aromatic carbocycles. The van der Waals surface area contributed by atoms with Crippen molar-refractivity contribution in [3.05, 3.63) is 36.3 Å². The number of anilines is 1. The van der Waals surface area contributed by atoms with Gasteiger partial charge in [-0.1, -0.05) is 0 Å². The van der Waals surface area contributed by atoms with E-state index in [9.17, 15) is 4.39 Å². The standard InChI is InChI=1S/C13H15FN4/c14-11-3-1-10(2-4-11)13-12(9-16-17-13)18-7-5-15-6-8-18/h1-4,9,15H,5-8H2,(H,16,17). The van der Waals surface area contributed by atoms with Gasteiger partial charge in [-0.3, -0.25) is 5.10 Å². The number of piperazine rings is 1. The van der Waals surface area contributed by atoms with Crippen molar-refractivity contribution in [1.29, 1.82) is 0 Å². The van der Waals surface area contributed by atoms with E-state index in [4.69, 9.17) is 0 Å². The lowest BCUT2D eigenvalue weighted by Gasteiger charge is -2.29. The molecule has 1 fully saturated rings. The van der Waals surface area contributed by atoms with E-state index in [-0.39, 0.29) is 5.82 Å². The van der Waals surface area contributed by atoms with E-state index in [1.165, 1.54) is 12.1 Å². The molecule has 0 bridgehead atoms. The Morgan fingerprint density at radius 2 is 1.83 bits per heavy atom. The van der Waals surface area contributed by atoms with Crippen LogP contribution in [0.3, 0.4) is 0 Å². The molecule has 2 aromatic rings. The van der Waals surface area contributed by atoms with Crippen molar-refractivity contribution in [3.8, 4) is 11.3 Å². The topological polar surface area (TPSA) is 44.0 Å². The quantitative estimate of drug-likeness (QED) is 0.846. The molecule has 0 saturated carbocycles. The summed E-state index contributed by atoms with van der Waals surface area (Å²) in [5.74, 6) is -0.220. The van der Waals surface area contributed by atoms with Crippen LogP contribution in [0.25, 0.3) is 11.3 Å². The van der Waals surface area contributed by atoms with Crippen LogP contribution in [0.2, 0.25) is 0 Å². The van der Waals surface area contributed by atoms with Gasteiger partial charge in [-0.05, 0) is 24.3 Å². The first-order valence-electron chi connectivity index (χ1n) is 6.09. The lowest BCUT2D eigenvalue weighted by molar-refractivity contribution is 0.589. The van der Waals surface area contributed by atoms with Crippen LogP contribution in [-0.2, 0) is 0 Å². The highest BCUT2D eigenvalue weighted by Crippen LogP contribution is 2.28. The molecule has 2 N–H and O–H groups in total. The highest BCUT2D eigenvalue weighted by molar-refractivity contribution is 5.74. The molecule has 18 heavy (non-hydrogen) atoms. The van der Waals surface area contributed by atoms with Crippen molar-refractivity contribution in [3.63, 3.8) is 0 Å². The number of hydrogen-bond donors (Lipinski definition) is 2. The fraction of sp³-hybridized carbons (Fsp3) is 0.308. The molecular weight excluding hydrogens is 231 g/mol. The smallest absolute Gasteiger partial charge is 0.123 e. The minimum absolute atomic E-state index is 0.220. The van der Waals surface area contributed by atoms with Gasteiger partial charge in [0.05, 0.1) is 17.6 Å². The number of benzene rings is 1. The summed E-state index contributed by atoms with van der Waals surface area (Å²) in [4.78, 5) is 2.29. The number of aromatic nitrogens is 2. The SMILES string of the molecule is Fc1ccc(-c2[nH]ncc2N2CCNCC2)cc1. The lowest BCUT2D eigenvalue weighted by atomic mass is 10.1. The van der Waals surface area contributed by atoms with Gasteiger partial charge in [0.25, 0.3) is 0 Å². The predicted molar refractivity (Wildman–Crippen MR) is 69.1 cm³/mol. The average Bonchev–Trinajstić information content (AvgIpc) is 2.90. The summed E-state index contributed by atoms with van der Waals surface area (Å²) < 4.78 is 12.9. The van der Waals surface area contributed by atoms with Crippen LogP contribution < -0.4 is 10.2 Å². The zero-order valence-corrected chi connectivity index (χ0v) is 9.99. The zero-order valence-electron chi connectivity index (χ0n) is 9.99. The molecular formula is C13H15FN4. The molecule has 1 aliphatic heterocycles. The van der Waals surface area contributed by atoms with E-state index in [0.717, 1.165) is 43.1 Å². The fourth-order valence-electron chi connectivity index (χ4n) is 2.25. The van der Waals surface area contributed by atoms with E-state index in [1.807, 2.05) is 6.20 Å². The maximum absolute atomic E-state index is 12.9. The second-order valence-electron chi connectivity index (χ2n) is 4.37. The molecule has 0 unspecified atom stereocenters. The molecule has 2 heterocycles. The van der Waals surface area contributed by atoms with Gasteiger partial charge >= 0.3 is 0 Å². The van der Waals surface area contributed by atoms with Crippen molar-refractivity contribution < 1.29 is 4.39 Å². The summed E-state index contributed by atoms with van der Waals surface area (Å²) in [5.41, 5.74) is 3.00. The van der Waals surface area contributed by atoms with Gasteiger partial charge in [-0.2, -0.15) is 5.10 Å². The Morgan fingerprint density at radius 1 is 1.11 bits per heavy atom. The molecule has 5 heteroatoms. The van der Waals surface area contributed by atoms with E-state index < -0.39 is 0 Å².